The molecule has 96 valence electrons. The molecule has 0 atom stereocenters. The van der Waals surface area contributed by atoms with E-state index in [9.17, 15) is 0 Å². The molecule has 18 heavy (non-hydrogen) atoms. The van der Waals surface area contributed by atoms with Gasteiger partial charge in [0.2, 0.25) is 0 Å². The standard InChI is InChI=1S/C13H17ClN4/c1-4-6-18-8-10(7-15-18)13-16-11(5-2)9(3)12(14)17-13/h7-8H,4-6H2,1-3H3. The van der Waals surface area contributed by atoms with E-state index in [4.69, 9.17) is 11.6 Å². The highest BCUT2D eigenvalue weighted by Gasteiger charge is 2.11. The molecular weight excluding hydrogens is 248 g/mol. The van der Waals surface area contributed by atoms with Crippen LogP contribution in [0.3, 0.4) is 0 Å². The number of nitrogens with zero attached hydrogens (tertiary/aromatic N) is 4. The van der Waals surface area contributed by atoms with Crippen LogP contribution in [0.5, 0.6) is 0 Å². The molecule has 2 aromatic heterocycles. The molecule has 0 aliphatic heterocycles. The molecule has 0 unspecified atom stereocenters. The number of halogens is 1. The van der Waals surface area contributed by atoms with E-state index < -0.39 is 0 Å². The lowest BCUT2D eigenvalue weighted by Crippen LogP contribution is -1.99. The minimum Gasteiger partial charge on any atom is -0.272 e. The van der Waals surface area contributed by atoms with Crippen LogP contribution in [0.15, 0.2) is 12.4 Å². The van der Waals surface area contributed by atoms with Gasteiger partial charge in [0, 0.05) is 24.0 Å². The molecule has 4 nitrogen and oxygen atoms in total. The average molecular weight is 265 g/mol. The van der Waals surface area contributed by atoms with E-state index in [0.29, 0.717) is 11.0 Å². The van der Waals surface area contributed by atoms with Crippen LogP contribution in [0, 0.1) is 6.92 Å². The molecule has 0 N–H and O–H groups in total. The number of rotatable bonds is 4. The second-order valence-electron chi connectivity index (χ2n) is 4.26. The lowest BCUT2D eigenvalue weighted by Gasteiger charge is -2.06. The summed E-state index contributed by atoms with van der Waals surface area (Å²) in [5.74, 6) is 0.657. The van der Waals surface area contributed by atoms with Crippen molar-refractivity contribution in [2.24, 2.45) is 0 Å². The van der Waals surface area contributed by atoms with Gasteiger partial charge in [-0.25, -0.2) is 9.97 Å². The van der Waals surface area contributed by atoms with E-state index in [1.807, 2.05) is 17.8 Å². The first-order chi connectivity index (χ1) is 8.65. The second-order valence-corrected chi connectivity index (χ2v) is 4.61. The summed E-state index contributed by atoms with van der Waals surface area (Å²) in [5, 5.41) is 4.81. The van der Waals surface area contributed by atoms with Gasteiger partial charge in [-0.05, 0) is 19.8 Å². The third kappa shape index (κ3) is 2.53. The predicted octanol–water partition coefficient (Wildman–Crippen LogP) is 3.27. The molecule has 0 saturated carbocycles. The number of aromatic nitrogens is 4. The van der Waals surface area contributed by atoms with Crippen molar-refractivity contribution in [3.05, 3.63) is 28.8 Å². The lowest BCUT2D eigenvalue weighted by atomic mass is 10.2. The van der Waals surface area contributed by atoms with Crippen LogP contribution in [0.4, 0.5) is 0 Å². The zero-order valence-electron chi connectivity index (χ0n) is 10.9. The van der Waals surface area contributed by atoms with Gasteiger partial charge in [0.25, 0.3) is 0 Å². The first-order valence-electron chi connectivity index (χ1n) is 6.21. The molecule has 2 rings (SSSR count). The van der Waals surface area contributed by atoms with Crippen LogP contribution < -0.4 is 0 Å². The van der Waals surface area contributed by atoms with E-state index in [0.717, 1.165) is 36.2 Å². The highest BCUT2D eigenvalue weighted by atomic mass is 35.5. The predicted molar refractivity (Wildman–Crippen MR) is 72.7 cm³/mol. The Morgan fingerprint density at radius 1 is 1.28 bits per heavy atom. The zero-order valence-corrected chi connectivity index (χ0v) is 11.7. The van der Waals surface area contributed by atoms with Crippen LogP contribution in [-0.2, 0) is 13.0 Å². The molecule has 0 aliphatic carbocycles. The molecule has 0 saturated heterocycles. The van der Waals surface area contributed by atoms with Crippen molar-refractivity contribution in [3.8, 4) is 11.4 Å². The molecular formula is C13H17ClN4. The smallest absolute Gasteiger partial charge is 0.164 e. The molecule has 0 aliphatic rings. The van der Waals surface area contributed by atoms with Crippen molar-refractivity contribution >= 4 is 11.6 Å². The fourth-order valence-electron chi connectivity index (χ4n) is 1.84. The maximum Gasteiger partial charge on any atom is 0.164 e. The van der Waals surface area contributed by atoms with Crippen LogP contribution in [0.2, 0.25) is 5.15 Å². The molecule has 0 fully saturated rings. The summed E-state index contributed by atoms with van der Waals surface area (Å²) in [6.07, 6.45) is 5.65. The summed E-state index contributed by atoms with van der Waals surface area (Å²) >= 11 is 6.14. The molecule has 2 aromatic rings. The zero-order chi connectivity index (χ0) is 13.1. The first-order valence-corrected chi connectivity index (χ1v) is 6.59. The summed E-state index contributed by atoms with van der Waals surface area (Å²) < 4.78 is 1.90. The molecule has 2 heterocycles. The molecule has 0 bridgehead atoms. The van der Waals surface area contributed by atoms with Crippen molar-refractivity contribution in [2.45, 2.75) is 40.2 Å². The van der Waals surface area contributed by atoms with Gasteiger partial charge >= 0.3 is 0 Å². The quantitative estimate of drug-likeness (QED) is 0.796. The Morgan fingerprint density at radius 3 is 2.72 bits per heavy atom. The average Bonchev–Trinajstić information content (AvgIpc) is 2.81. The lowest BCUT2D eigenvalue weighted by molar-refractivity contribution is 0.603. The van der Waals surface area contributed by atoms with E-state index in [-0.39, 0.29) is 0 Å². The van der Waals surface area contributed by atoms with E-state index in [1.54, 1.807) is 6.20 Å². The van der Waals surface area contributed by atoms with Crippen molar-refractivity contribution < 1.29 is 0 Å². The van der Waals surface area contributed by atoms with Crippen LogP contribution in [0.25, 0.3) is 11.4 Å². The van der Waals surface area contributed by atoms with Crippen molar-refractivity contribution in [2.75, 3.05) is 0 Å². The summed E-state index contributed by atoms with van der Waals surface area (Å²) in [6, 6.07) is 0. The Kier molecular flexibility index (Phi) is 3.97. The van der Waals surface area contributed by atoms with Gasteiger partial charge in [-0.3, -0.25) is 4.68 Å². The van der Waals surface area contributed by atoms with Gasteiger partial charge in [-0.2, -0.15) is 5.10 Å². The summed E-state index contributed by atoms with van der Waals surface area (Å²) in [5.41, 5.74) is 2.87. The van der Waals surface area contributed by atoms with Gasteiger partial charge < -0.3 is 0 Å². The Morgan fingerprint density at radius 2 is 2.06 bits per heavy atom. The summed E-state index contributed by atoms with van der Waals surface area (Å²) in [4.78, 5) is 8.87. The maximum absolute atomic E-state index is 6.14. The maximum atomic E-state index is 6.14. The third-order valence-electron chi connectivity index (χ3n) is 2.87. The first kappa shape index (κ1) is 13.0. The van der Waals surface area contributed by atoms with Gasteiger partial charge in [0.1, 0.15) is 5.15 Å². The summed E-state index contributed by atoms with van der Waals surface area (Å²) in [6.45, 7) is 7.04. The minimum atomic E-state index is 0.528. The van der Waals surface area contributed by atoms with E-state index in [1.165, 1.54) is 0 Å². The third-order valence-corrected chi connectivity index (χ3v) is 3.23. The highest BCUT2D eigenvalue weighted by Crippen LogP contribution is 2.21. The Balaban J connectivity index is 2.40. The number of aryl methyl sites for hydroxylation is 2. The van der Waals surface area contributed by atoms with Crippen LogP contribution >= 0.6 is 11.6 Å². The van der Waals surface area contributed by atoms with E-state index in [2.05, 4.69) is 28.9 Å². The van der Waals surface area contributed by atoms with Crippen molar-refractivity contribution in [1.82, 2.24) is 19.7 Å². The van der Waals surface area contributed by atoms with Gasteiger partial charge in [0.15, 0.2) is 5.82 Å². The molecule has 0 radical (unpaired) electrons. The van der Waals surface area contributed by atoms with Gasteiger partial charge in [0.05, 0.1) is 11.8 Å². The van der Waals surface area contributed by atoms with E-state index >= 15 is 0 Å². The second kappa shape index (κ2) is 5.48. The molecule has 0 spiro atoms. The van der Waals surface area contributed by atoms with Gasteiger partial charge in [-0.15, -0.1) is 0 Å². The van der Waals surface area contributed by atoms with Crippen molar-refractivity contribution in [1.29, 1.82) is 0 Å². The SMILES string of the molecule is CCCn1cc(-c2nc(Cl)c(C)c(CC)n2)cn1. The van der Waals surface area contributed by atoms with Crippen LogP contribution in [0.1, 0.15) is 31.5 Å². The van der Waals surface area contributed by atoms with Crippen molar-refractivity contribution in [3.63, 3.8) is 0 Å². The summed E-state index contributed by atoms with van der Waals surface area (Å²) in [7, 11) is 0. The Hall–Kier alpha value is -1.42. The fraction of sp³-hybridized carbons (Fsp3) is 0.462. The monoisotopic (exact) mass is 264 g/mol. The largest absolute Gasteiger partial charge is 0.272 e. The number of hydrogen-bond acceptors (Lipinski definition) is 3. The van der Waals surface area contributed by atoms with Gasteiger partial charge in [-0.1, -0.05) is 25.4 Å². The number of hydrogen-bond donors (Lipinski definition) is 0. The Labute approximate surface area is 112 Å². The topological polar surface area (TPSA) is 43.6 Å². The minimum absolute atomic E-state index is 0.528. The highest BCUT2D eigenvalue weighted by molar-refractivity contribution is 6.30. The Bertz CT molecular complexity index is 548. The molecule has 5 heteroatoms. The molecule has 0 amide bonds. The fourth-order valence-corrected chi connectivity index (χ4v) is 2.03. The molecule has 0 aromatic carbocycles. The van der Waals surface area contributed by atoms with Crippen LogP contribution in [-0.4, -0.2) is 19.7 Å². The normalized spacial score (nSPS) is 10.9.